The van der Waals surface area contributed by atoms with Crippen molar-refractivity contribution in [2.75, 3.05) is 6.61 Å². The maximum atomic E-state index is 11.8. The number of hydrazone groups is 1. The minimum absolute atomic E-state index is 0.0430. The fraction of sp³-hybridized carbons (Fsp3) is 0.263. The summed E-state index contributed by atoms with van der Waals surface area (Å²) in [5, 5.41) is 13.1. The van der Waals surface area contributed by atoms with Crippen LogP contribution in [0.4, 0.5) is 0 Å². The Bertz CT molecular complexity index is 765. The summed E-state index contributed by atoms with van der Waals surface area (Å²) >= 11 is 3.47. The zero-order valence-electron chi connectivity index (χ0n) is 14.4. The Morgan fingerprint density at radius 3 is 2.52 bits per heavy atom. The van der Waals surface area contributed by atoms with E-state index in [0.29, 0.717) is 5.75 Å². The van der Waals surface area contributed by atoms with Gasteiger partial charge in [-0.1, -0.05) is 26.8 Å². The van der Waals surface area contributed by atoms with E-state index in [-0.39, 0.29) is 23.7 Å². The number of benzene rings is 2. The zero-order valence-corrected chi connectivity index (χ0v) is 16.0. The molecule has 2 rings (SSSR count). The highest BCUT2D eigenvalue weighted by Crippen LogP contribution is 2.31. The molecule has 0 aliphatic carbocycles. The van der Waals surface area contributed by atoms with Crippen molar-refractivity contribution in [3.8, 4) is 11.5 Å². The topological polar surface area (TPSA) is 70.9 Å². The van der Waals surface area contributed by atoms with Crippen LogP contribution in [-0.2, 0) is 10.2 Å². The maximum absolute atomic E-state index is 11.8. The van der Waals surface area contributed by atoms with Crippen molar-refractivity contribution in [2.24, 2.45) is 5.10 Å². The van der Waals surface area contributed by atoms with E-state index in [4.69, 9.17) is 4.74 Å². The standard InChI is InChI=1S/C19H21BrN2O3/c1-19(2,3)14-6-9-17(16(20)10-14)25-12-18(24)22-21-11-13-4-7-15(23)8-5-13/h4-11,23H,12H2,1-3H3,(H,22,24). The number of nitrogens with one attached hydrogen (secondary N) is 1. The molecule has 0 fully saturated rings. The van der Waals surface area contributed by atoms with Gasteiger partial charge in [0.05, 0.1) is 10.7 Å². The second-order valence-electron chi connectivity index (χ2n) is 6.57. The molecule has 0 aliphatic rings. The maximum Gasteiger partial charge on any atom is 0.277 e. The Kier molecular flexibility index (Phi) is 6.20. The first-order valence-corrected chi connectivity index (χ1v) is 8.59. The smallest absolute Gasteiger partial charge is 0.277 e. The molecular formula is C19H21BrN2O3. The van der Waals surface area contributed by atoms with Gasteiger partial charge in [-0.3, -0.25) is 4.79 Å². The molecule has 0 bridgehead atoms. The van der Waals surface area contributed by atoms with Crippen LogP contribution in [0, 0.1) is 0 Å². The zero-order chi connectivity index (χ0) is 18.4. The number of carbonyl (C=O) groups excluding carboxylic acids is 1. The highest BCUT2D eigenvalue weighted by molar-refractivity contribution is 9.10. The van der Waals surface area contributed by atoms with Crippen LogP contribution in [0.25, 0.3) is 0 Å². The van der Waals surface area contributed by atoms with Crippen LogP contribution in [0.3, 0.4) is 0 Å². The predicted octanol–water partition coefficient (Wildman–Crippen LogP) is 3.98. The molecule has 0 spiro atoms. The first-order valence-electron chi connectivity index (χ1n) is 7.79. The number of phenols is 1. The molecular weight excluding hydrogens is 384 g/mol. The summed E-state index contributed by atoms with van der Waals surface area (Å²) in [6, 6.07) is 12.3. The van der Waals surface area contributed by atoms with Gasteiger partial charge in [-0.15, -0.1) is 0 Å². The average molecular weight is 405 g/mol. The summed E-state index contributed by atoms with van der Waals surface area (Å²) in [7, 11) is 0. The highest BCUT2D eigenvalue weighted by atomic mass is 79.9. The van der Waals surface area contributed by atoms with E-state index < -0.39 is 0 Å². The van der Waals surface area contributed by atoms with Gasteiger partial charge >= 0.3 is 0 Å². The molecule has 25 heavy (non-hydrogen) atoms. The molecule has 1 amide bonds. The third-order valence-electron chi connectivity index (χ3n) is 3.45. The normalized spacial score (nSPS) is 11.5. The predicted molar refractivity (Wildman–Crippen MR) is 102 cm³/mol. The molecule has 5 nitrogen and oxygen atoms in total. The monoisotopic (exact) mass is 404 g/mol. The van der Waals surface area contributed by atoms with Gasteiger partial charge in [0, 0.05) is 0 Å². The number of hydrogen-bond acceptors (Lipinski definition) is 4. The van der Waals surface area contributed by atoms with Crippen molar-refractivity contribution >= 4 is 28.1 Å². The quantitative estimate of drug-likeness (QED) is 0.584. The van der Waals surface area contributed by atoms with Crippen LogP contribution in [-0.4, -0.2) is 23.8 Å². The van der Waals surface area contributed by atoms with E-state index in [1.807, 2.05) is 18.2 Å². The first kappa shape index (κ1) is 19.0. The lowest BCUT2D eigenvalue weighted by Crippen LogP contribution is -2.24. The van der Waals surface area contributed by atoms with Gasteiger partial charge in [0.15, 0.2) is 6.61 Å². The van der Waals surface area contributed by atoms with E-state index in [1.54, 1.807) is 24.3 Å². The summed E-state index contributed by atoms with van der Waals surface area (Å²) in [6.45, 7) is 6.26. The van der Waals surface area contributed by atoms with Crippen molar-refractivity contribution in [3.05, 3.63) is 58.1 Å². The summed E-state index contributed by atoms with van der Waals surface area (Å²) in [5.74, 6) is 0.421. The van der Waals surface area contributed by atoms with Crippen molar-refractivity contribution in [1.82, 2.24) is 5.43 Å². The van der Waals surface area contributed by atoms with Crippen LogP contribution >= 0.6 is 15.9 Å². The SMILES string of the molecule is CC(C)(C)c1ccc(OCC(=O)NN=Cc2ccc(O)cc2)c(Br)c1. The number of hydrogen-bond donors (Lipinski definition) is 2. The molecule has 0 heterocycles. The summed E-state index contributed by atoms with van der Waals surface area (Å²) < 4.78 is 6.32. The third-order valence-corrected chi connectivity index (χ3v) is 4.07. The number of halogens is 1. The number of phenolic OH excluding ortho intramolecular Hbond substituents is 1. The number of carbonyl (C=O) groups is 1. The van der Waals surface area contributed by atoms with Gasteiger partial charge in [-0.05, 0) is 68.9 Å². The van der Waals surface area contributed by atoms with Crippen LogP contribution in [0.5, 0.6) is 11.5 Å². The molecule has 0 saturated carbocycles. The molecule has 0 saturated heterocycles. The number of aromatic hydroxyl groups is 1. The number of ether oxygens (including phenoxy) is 1. The second kappa shape index (κ2) is 8.16. The van der Waals surface area contributed by atoms with E-state index in [1.165, 1.54) is 11.8 Å². The Morgan fingerprint density at radius 1 is 1.24 bits per heavy atom. The Hall–Kier alpha value is -2.34. The number of amides is 1. The van der Waals surface area contributed by atoms with Crippen molar-refractivity contribution < 1.29 is 14.6 Å². The highest BCUT2D eigenvalue weighted by Gasteiger charge is 2.15. The van der Waals surface area contributed by atoms with Gasteiger partial charge in [0.1, 0.15) is 11.5 Å². The molecule has 2 aromatic rings. The lowest BCUT2D eigenvalue weighted by Gasteiger charge is -2.20. The van der Waals surface area contributed by atoms with Crippen LogP contribution in [0.15, 0.2) is 52.0 Å². The summed E-state index contributed by atoms with van der Waals surface area (Å²) in [5.41, 5.74) is 4.38. The van der Waals surface area contributed by atoms with Crippen LogP contribution in [0.2, 0.25) is 0 Å². The molecule has 0 aromatic heterocycles. The molecule has 2 N–H and O–H groups in total. The van der Waals surface area contributed by atoms with Gasteiger partial charge in [0.25, 0.3) is 5.91 Å². The first-order chi connectivity index (χ1) is 11.8. The van der Waals surface area contributed by atoms with Crippen LogP contribution < -0.4 is 10.2 Å². The number of rotatable bonds is 5. The van der Waals surface area contributed by atoms with E-state index >= 15 is 0 Å². The van der Waals surface area contributed by atoms with Crippen molar-refractivity contribution in [1.29, 1.82) is 0 Å². The largest absolute Gasteiger partial charge is 0.508 e. The summed E-state index contributed by atoms with van der Waals surface area (Å²) in [6.07, 6.45) is 1.49. The molecule has 132 valence electrons. The van der Waals surface area contributed by atoms with Gasteiger partial charge in [0.2, 0.25) is 0 Å². The lowest BCUT2D eigenvalue weighted by atomic mass is 9.87. The molecule has 0 radical (unpaired) electrons. The van der Waals surface area contributed by atoms with Gasteiger partial charge < -0.3 is 9.84 Å². The molecule has 6 heteroatoms. The Morgan fingerprint density at radius 2 is 1.92 bits per heavy atom. The van der Waals surface area contributed by atoms with E-state index in [2.05, 4.69) is 47.2 Å². The average Bonchev–Trinajstić information content (AvgIpc) is 2.54. The molecule has 2 aromatic carbocycles. The molecule has 0 atom stereocenters. The van der Waals surface area contributed by atoms with Crippen LogP contribution in [0.1, 0.15) is 31.9 Å². The third kappa shape index (κ3) is 5.90. The van der Waals surface area contributed by atoms with Gasteiger partial charge in [-0.2, -0.15) is 5.10 Å². The van der Waals surface area contributed by atoms with E-state index in [0.717, 1.165) is 10.0 Å². The lowest BCUT2D eigenvalue weighted by molar-refractivity contribution is -0.123. The minimum Gasteiger partial charge on any atom is -0.508 e. The van der Waals surface area contributed by atoms with Crippen molar-refractivity contribution in [2.45, 2.75) is 26.2 Å². The van der Waals surface area contributed by atoms with Gasteiger partial charge in [-0.25, -0.2) is 5.43 Å². The van der Waals surface area contributed by atoms with Crippen molar-refractivity contribution in [3.63, 3.8) is 0 Å². The Balaban J connectivity index is 1.86. The summed E-state index contributed by atoms with van der Waals surface area (Å²) in [4.78, 5) is 11.8. The Labute approximate surface area is 155 Å². The fourth-order valence-electron chi connectivity index (χ4n) is 2.00. The fourth-order valence-corrected chi connectivity index (χ4v) is 2.49. The molecule has 0 unspecified atom stereocenters. The molecule has 0 aliphatic heterocycles. The number of nitrogens with zero attached hydrogens (tertiary/aromatic N) is 1. The van der Waals surface area contributed by atoms with E-state index in [9.17, 15) is 9.90 Å². The second-order valence-corrected chi connectivity index (χ2v) is 7.42. The minimum atomic E-state index is -0.359.